The lowest BCUT2D eigenvalue weighted by Gasteiger charge is -1.92. The molecule has 0 radical (unpaired) electrons. The average Bonchev–Trinajstić information content (AvgIpc) is 2.43. The number of rotatable bonds is 1. The zero-order valence-electron chi connectivity index (χ0n) is 6.25. The van der Waals surface area contributed by atoms with Crippen LogP contribution in [0.3, 0.4) is 0 Å². The van der Waals surface area contributed by atoms with Gasteiger partial charge in [0.25, 0.3) is 0 Å². The minimum Gasteiger partial charge on any atom is -0.432 e. The summed E-state index contributed by atoms with van der Waals surface area (Å²) in [5, 5.41) is 1.02. The van der Waals surface area contributed by atoms with E-state index in [1.807, 2.05) is 12.1 Å². The molecule has 2 aromatic rings. The molecule has 0 aliphatic heterocycles. The number of nitrogens with zero attached hydrogens (tertiary/aromatic N) is 1. The summed E-state index contributed by atoms with van der Waals surface area (Å²) in [6, 6.07) is 3.94. The Morgan fingerprint density at radius 3 is 3.08 bits per heavy atom. The Balaban J connectivity index is 2.66. The number of aromatic nitrogens is 1. The summed E-state index contributed by atoms with van der Waals surface area (Å²) in [4.78, 5) is 4.12. The van der Waals surface area contributed by atoms with E-state index >= 15 is 0 Å². The van der Waals surface area contributed by atoms with Crippen molar-refractivity contribution in [2.24, 2.45) is 5.73 Å². The predicted octanol–water partition coefficient (Wildman–Crippen LogP) is 1.89. The standard InChI is InChI=1S/C8H7IN2O/c9-7-2-6-1-5(3-10)4-11-8(6)12-7/h1-2,4H,3,10H2. The van der Waals surface area contributed by atoms with Crippen molar-refractivity contribution in [2.75, 3.05) is 0 Å². The lowest BCUT2D eigenvalue weighted by Crippen LogP contribution is -1.95. The molecule has 0 unspecified atom stereocenters. The van der Waals surface area contributed by atoms with Gasteiger partial charge in [0.1, 0.15) is 0 Å². The van der Waals surface area contributed by atoms with Gasteiger partial charge in [-0.1, -0.05) is 0 Å². The molecule has 0 aromatic carbocycles. The quantitative estimate of drug-likeness (QED) is 0.808. The molecule has 0 saturated carbocycles. The topological polar surface area (TPSA) is 52.0 Å². The predicted molar refractivity (Wildman–Crippen MR) is 54.6 cm³/mol. The van der Waals surface area contributed by atoms with Crippen molar-refractivity contribution in [3.05, 3.63) is 27.7 Å². The van der Waals surface area contributed by atoms with Crippen LogP contribution in [0.25, 0.3) is 11.1 Å². The highest BCUT2D eigenvalue weighted by Gasteiger charge is 2.02. The zero-order chi connectivity index (χ0) is 8.55. The molecule has 12 heavy (non-hydrogen) atoms. The molecule has 0 aliphatic carbocycles. The number of hydrogen-bond donors (Lipinski definition) is 1. The Hall–Kier alpha value is -0.620. The summed E-state index contributed by atoms with van der Waals surface area (Å²) in [6.07, 6.45) is 1.74. The van der Waals surface area contributed by atoms with E-state index in [0.29, 0.717) is 12.3 Å². The van der Waals surface area contributed by atoms with Gasteiger partial charge < -0.3 is 10.2 Å². The minimum absolute atomic E-state index is 0.519. The molecule has 0 bridgehead atoms. The third kappa shape index (κ3) is 1.32. The van der Waals surface area contributed by atoms with Crippen LogP contribution in [0.4, 0.5) is 0 Å². The number of pyridine rings is 1. The molecule has 62 valence electrons. The second-order valence-corrected chi connectivity index (χ2v) is 3.56. The monoisotopic (exact) mass is 274 g/mol. The molecule has 0 amide bonds. The number of hydrogen-bond acceptors (Lipinski definition) is 3. The Kier molecular flexibility index (Phi) is 2.02. The summed E-state index contributed by atoms with van der Waals surface area (Å²) in [5.41, 5.74) is 7.18. The fourth-order valence-corrected chi connectivity index (χ4v) is 1.60. The maximum atomic E-state index is 5.48. The highest BCUT2D eigenvalue weighted by atomic mass is 127. The van der Waals surface area contributed by atoms with Gasteiger partial charge in [-0.15, -0.1) is 0 Å². The van der Waals surface area contributed by atoms with Gasteiger partial charge in [0.2, 0.25) is 5.71 Å². The van der Waals surface area contributed by atoms with E-state index in [2.05, 4.69) is 27.6 Å². The first-order valence-corrected chi connectivity index (χ1v) is 4.61. The minimum atomic E-state index is 0.519. The van der Waals surface area contributed by atoms with Gasteiger partial charge in [-0.05, 0) is 40.3 Å². The van der Waals surface area contributed by atoms with Crippen LogP contribution < -0.4 is 5.73 Å². The van der Waals surface area contributed by atoms with Crippen molar-refractivity contribution >= 4 is 33.7 Å². The molecule has 2 rings (SSSR count). The second kappa shape index (κ2) is 3.02. The molecule has 0 aliphatic rings. The number of halogens is 1. The summed E-state index contributed by atoms with van der Waals surface area (Å²) in [7, 11) is 0. The fraction of sp³-hybridized carbons (Fsp3) is 0.125. The van der Waals surface area contributed by atoms with Gasteiger partial charge in [0.05, 0.1) is 0 Å². The van der Waals surface area contributed by atoms with Crippen LogP contribution in [0.15, 0.2) is 22.7 Å². The van der Waals surface area contributed by atoms with E-state index in [1.54, 1.807) is 6.20 Å². The van der Waals surface area contributed by atoms with Gasteiger partial charge in [-0.3, -0.25) is 0 Å². The lowest BCUT2D eigenvalue weighted by atomic mass is 10.2. The molecule has 2 aromatic heterocycles. The summed E-state index contributed by atoms with van der Waals surface area (Å²) in [5.74, 6) is 0. The molecule has 0 spiro atoms. The highest BCUT2D eigenvalue weighted by Crippen LogP contribution is 2.19. The van der Waals surface area contributed by atoms with Crippen molar-refractivity contribution in [2.45, 2.75) is 6.54 Å². The summed E-state index contributed by atoms with van der Waals surface area (Å²) in [6.45, 7) is 0.519. The van der Waals surface area contributed by atoms with E-state index in [4.69, 9.17) is 10.2 Å². The first-order valence-electron chi connectivity index (χ1n) is 3.53. The number of fused-ring (bicyclic) bond motifs is 1. The van der Waals surface area contributed by atoms with Crippen molar-refractivity contribution in [1.29, 1.82) is 0 Å². The number of nitrogens with two attached hydrogens (primary N) is 1. The third-order valence-corrected chi connectivity index (χ3v) is 2.17. The van der Waals surface area contributed by atoms with E-state index in [-0.39, 0.29) is 0 Å². The number of furan rings is 1. The smallest absolute Gasteiger partial charge is 0.227 e. The molecule has 0 fully saturated rings. The molecule has 0 atom stereocenters. The average molecular weight is 274 g/mol. The third-order valence-electron chi connectivity index (χ3n) is 1.63. The van der Waals surface area contributed by atoms with Gasteiger partial charge in [0.15, 0.2) is 3.77 Å². The molecule has 2 heterocycles. The van der Waals surface area contributed by atoms with Crippen molar-refractivity contribution < 1.29 is 4.42 Å². The van der Waals surface area contributed by atoms with Crippen LogP contribution in [-0.2, 0) is 6.54 Å². The van der Waals surface area contributed by atoms with Crippen LogP contribution in [0.1, 0.15) is 5.56 Å². The SMILES string of the molecule is NCc1cnc2oc(I)cc2c1. The molecule has 0 saturated heterocycles. The largest absolute Gasteiger partial charge is 0.432 e. The fourth-order valence-electron chi connectivity index (χ4n) is 1.06. The Morgan fingerprint density at radius 2 is 2.33 bits per heavy atom. The van der Waals surface area contributed by atoms with Crippen LogP contribution in [0.5, 0.6) is 0 Å². The molecular formula is C8H7IN2O. The van der Waals surface area contributed by atoms with E-state index in [9.17, 15) is 0 Å². The zero-order valence-corrected chi connectivity index (χ0v) is 8.41. The van der Waals surface area contributed by atoms with E-state index < -0.39 is 0 Å². The summed E-state index contributed by atoms with van der Waals surface area (Å²) >= 11 is 2.12. The first kappa shape index (κ1) is 8.00. The molecule has 3 nitrogen and oxygen atoms in total. The molecule has 2 N–H and O–H groups in total. The maximum absolute atomic E-state index is 5.48. The van der Waals surface area contributed by atoms with Gasteiger partial charge in [-0.2, -0.15) is 0 Å². The Bertz CT molecular complexity index is 410. The second-order valence-electron chi connectivity index (χ2n) is 2.49. The Morgan fingerprint density at radius 1 is 1.50 bits per heavy atom. The molecule has 4 heteroatoms. The van der Waals surface area contributed by atoms with Crippen LogP contribution in [0.2, 0.25) is 0 Å². The van der Waals surface area contributed by atoms with Gasteiger partial charge in [0, 0.05) is 18.1 Å². The molecular weight excluding hydrogens is 267 g/mol. The summed E-state index contributed by atoms with van der Waals surface area (Å²) < 4.78 is 6.15. The van der Waals surface area contributed by atoms with Crippen molar-refractivity contribution in [3.8, 4) is 0 Å². The van der Waals surface area contributed by atoms with Crippen molar-refractivity contribution in [1.82, 2.24) is 4.98 Å². The van der Waals surface area contributed by atoms with E-state index in [1.165, 1.54) is 0 Å². The Labute approximate surface area is 83.1 Å². The van der Waals surface area contributed by atoms with Crippen LogP contribution in [0, 0.1) is 3.77 Å². The van der Waals surface area contributed by atoms with E-state index in [0.717, 1.165) is 14.7 Å². The van der Waals surface area contributed by atoms with Crippen LogP contribution in [-0.4, -0.2) is 4.98 Å². The van der Waals surface area contributed by atoms with Gasteiger partial charge in [-0.25, -0.2) is 4.98 Å². The van der Waals surface area contributed by atoms with Crippen molar-refractivity contribution in [3.63, 3.8) is 0 Å². The first-order chi connectivity index (χ1) is 5.79. The lowest BCUT2D eigenvalue weighted by molar-refractivity contribution is 0.572. The van der Waals surface area contributed by atoms with Gasteiger partial charge >= 0.3 is 0 Å². The van der Waals surface area contributed by atoms with Crippen LogP contribution >= 0.6 is 22.6 Å². The normalized spacial score (nSPS) is 10.8. The highest BCUT2D eigenvalue weighted by molar-refractivity contribution is 14.1. The maximum Gasteiger partial charge on any atom is 0.227 e.